The third-order valence-corrected chi connectivity index (χ3v) is 9.73. The molecule has 0 radical (unpaired) electrons. The van der Waals surface area contributed by atoms with E-state index in [9.17, 15) is 0 Å². The first kappa shape index (κ1) is 28.2. The van der Waals surface area contributed by atoms with E-state index in [-0.39, 0.29) is 6.71 Å². The summed E-state index contributed by atoms with van der Waals surface area (Å²) in [5, 5.41) is 0. The smallest absolute Gasteiger partial charge is 0.252 e. The van der Waals surface area contributed by atoms with Gasteiger partial charge in [-0.3, -0.25) is 0 Å². The van der Waals surface area contributed by atoms with E-state index >= 15 is 0 Å². The number of hydrogen-bond donors (Lipinski definition) is 0. The van der Waals surface area contributed by atoms with Gasteiger partial charge in [0, 0.05) is 45.5 Å². The van der Waals surface area contributed by atoms with E-state index in [2.05, 4.69) is 198 Å². The van der Waals surface area contributed by atoms with Gasteiger partial charge in [-0.15, -0.1) is 0 Å². The highest BCUT2D eigenvalue weighted by Crippen LogP contribution is 2.48. The quantitative estimate of drug-likeness (QED) is 0.179. The van der Waals surface area contributed by atoms with Crippen LogP contribution in [0.25, 0.3) is 0 Å². The van der Waals surface area contributed by atoms with E-state index in [1.807, 2.05) is 0 Å². The monoisotopic (exact) mass is 615 g/mol. The zero-order chi connectivity index (χ0) is 32.2. The van der Waals surface area contributed by atoms with E-state index in [4.69, 9.17) is 0 Å². The lowest BCUT2D eigenvalue weighted by atomic mass is 9.32. The van der Waals surface area contributed by atoms with Crippen LogP contribution in [0.4, 0.5) is 51.2 Å². The van der Waals surface area contributed by atoms with Crippen molar-refractivity contribution in [2.24, 2.45) is 0 Å². The van der Waals surface area contributed by atoms with Gasteiger partial charge in [0.1, 0.15) is 0 Å². The molecular formula is C44H34BN3. The average Bonchev–Trinajstić information content (AvgIpc) is 3.13. The molecule has 0 saturated heterocycles. The highest BCUT2D eigenvalue weighted by Gasteiger charge is 2.44. The van der Waals surface area contributed by atoms with E-state index in [0.717, 1.165) is 28.4 Å². The van der Waals surface area contributed by atoms with E-state index in [0.29, 0.717) is 0 Å². The van der Waals surface area contributed by atoms with Gasteiger partial charge in [-0.1, -0.05) is 103 Å². The lowest BCUT2D eigenvalue weighted by molar-refractivity contribution is 1.22. The van der Waals surface area contributed by atoms with Crippen LogP contribution < -0.4 is 31.1 Å². The molecule has 7 aromatic carbocycles. The summed E-state index contributed by atoms with van der Waals surface area (Å²) in [4.78, 5) is 7.36. The summed E-state index contributed by atoms with van der Waals surface area (Å²) < 4.78 is 0. The fourth-order valence-electron chi connectivity index (χ4n) is 7.88. The predicted octanol–water partition coefficient (Wildman–Crippen LogP) is 9.86. The standard InChI is InChI=1S/C44H34BN3/c1-31-27-32(2)43-40(28-31)48(36-23-13-6-14-24-36)42-30-37(46(33-17-7-3-8-18-33)34-19-9-4-10-20-34)29-41-44(42)45(43)38-25-15-16-26-39(38)47(41)35-21-11-5-12-22-35/h3-30H,1-2H3. The Kier molecular flexibility index (Phi) is 6.68. The minimum absolute atomic E-state index is 0.0812. The highest BCUT2D eigenvalue weighted by atomic mass is 15.2. The Hall–Kier alpha value is -6.00. The van der Waals surface area contributed by atoms with Gasteiger partial charge in [0.2, 0.25) is 0 Å². The molecule has 4 heteroatoms. The molecule has 0 aromatic heterocycles. The van der Waals surface area contributed by atoms with Crippen LogP contribution in [0.15, 0.2) is 170 Å². The molecule has 0 amide bonds. The average molecular weight is 616 g/mol. The fraction of sp³-hybridized carbons (Fsp3) is 0.0455. The number of anilines is 9. The number of rotatable bonds is 5. The van der Waals surface area contributed by atoms with Crippen molar-refractivity contribution in [2.75, 3.05) is 14.7 Å². The molecule has 7 aromatic rings. The molecule has 2 aliphatic rings. The van der Waals surface area contributed by atoms with Crippen LogP contribution in [-0.4, -0.2) is 6.71 Å². The number of hydrogen-bond acceptors (Lipinski definition) is 3. The number of benzene rings is 7. The Balaban J connectivity index is 1.43. The molecule has 0 N–H and O–H groups in total. The van der Waals surface area contributed by atoms with Crippen molar-refractivity contribution in [3.8, 4) is 0 Å². The van der Waals surface area contributed by atoms with Gasteiger partial charge in [-0.2, -0.15) is 0 Å². The first-order chi connectivity index (χ1) is 23.7. The van der Waals surface area contributed by atoms with Crippen LogP contribution in [0.1, 0.15) is 11.1 Å². The van der Waals surface area contributed by atoms with Gasteiger partial charge in [0.15, 0.2) is 0 Å². The van der Waals surface area contributed by atoms with Crippen molar-refractivity contribution >= 4 is 74.3 Å². The molecule has 0 saturated carbocycles. The number of para-hydroxylation sites is 5. The molecule has 2 aliphatic heterocycles. The zero-order valence-electron chi connectivity index (χ0n) is 27.1. The largest absolute Gasteiger partial charge is 0.311 e. The highest BCUT2D eigenvalue weighted by molar-refractivity contribution is 7.00. The normalized spacial score (nSPS) is 12.7. The number of nitrogens with zero attached hydrogens (tertiary/aromatic N) is 3. The molecule has 2 heterocycles. The molecule has 0 spiro atoms. The zero-order valence-corrected chi connectivity index (χ0v) is 27.1. The van der Waals surface area contributed by atoms with Crippen LogP contribution in [0.5, 0.6) is 0 Å². The Bertz CT molecular complexity index is 2230. The van der Waals surface area contributed by atoms with Gasteiger partial charge < -0.3 is 14.7 Å². The second kappa shape index (κ2) is 11.4. The Morgan fingerprint density at radius 3 is 1.44 bits per heavy atom. The van der Waals surface area contributed by atoms with Gasteiger partial charge in [-0.05, 0) is 109 Å². The lowest BCUT2D eigenvalue weighted by Crippen LogP contribution is -2.62. The van der Waals surface area contributed by atoms with Gasteiger partial charge in [-0.25, -0.2) is 0 Å². The summed E-state index contributed by atoms with van der Waals surface area (Å²) >= 11 is 0. The lowest BCUT2D eigenvalue weighted by Gasteiger charge is -2.45. The maximum Gasteiger partial charge on any atom is 0.252 e. The van der Waals surface area contributed by atoms with E-state index in [1.165, 1.54) is 50.3 Å². The molecule has 48 heavy (non-hydrogen) atoms. The summed E-state index contributed by atoms with van der Waals surface area (Å²) in [5.74, 6) is 0. The summed E-state index contributed by atoms with van der Waals surface area (Å²) in [6, 6.07) is 61.7. The second-order valence-corrected chi connectivity index (χ2v) is 12.8. The molecule has 228 valence electrons. The summed E-state index contributed by atoms with van der Waals surface area (Å²) in [6.45, 7) is 4.58. The molecule has 0 fully saturated rings. The first-order valence-electron chi connectivity index (χ1n) is 16.7. The minimum atomic E-state index is 0.0812. The van der Waals surface area contributed by atoms with Crippen LogP contribution in [0.2, 0.25) is 0 Å². The fourth-order valence-corrected chi connectivity index (χ4v) is 7.88. The van der Waals surface area contributed by atoms with Crippen molar-refractivity contribution in [3.05, 3.63) is 181 Å². The van der Waals surface area contributed by atoms with Crippen molar-refractivity contribution in [1.29, 1.82) is 0 Å². The number of fused-ring (bicyclic) bond motifs is 4. The Labute approximate surface area is 283 Å². The second-order valence-electron chi connectivity index (χ2n) is 12.8. The van der Waals surface area contributed by atoms with E-state index in [1.54, 1.807) is 0 Å². The third kappa shape index (κ3) is 4.45. The van der Waals surface area contributed by atoms with Crippen molar-refractivity contribution in [1.82, 2.24) is 0 Å². The van der Waals surface area contributed by atoms with Crippen molar-refractivity contribution < 1.29 is 0 Å². The van der Waals surface area contributed by atoms with Crippen LogP contribution in [-0.2, 0) is 0 Å². The maximum atomic E-state index is 2.50. The molecule has 3 nitrogen and oxygen atoms in total. The molecule has 0 unspecified atom stereocenters. The first-order valence-corrected chi connectivity index (χ1v) is 16.7. The number of aryl methyl sites for hydroxylation is 2. The molecular weight excluding hydrogens is 581 g/mol. The van der Waals surface area contributed by atoms with Crippen LogP contribution in [0.3, 0.4) is 0 Å². The maximum absolute atomic E-state index is 2.50. The van der Waals surface area contributed by atoms with Gasteiger partial charge in [0.25, 0.3) is 6.71 Å². The predicted molar refractivity (Wildman–Crippen MR) is 205 cm³/mol. The molecule has 0 aliphatic carbocycles. The molecule has 9 rings (SSSR count). The Morgan fingerprint density at radius 2 is 0.875 bits per heavy atom. The minimum Gasteiger partial charge on any atom is -0.311 e. The van der Waals surface area contributed by atoms with Crippen LogP contribution in [0, 0.1) is 13.8 Å². The van der Waals surface area contributed by atoms with Crippen molar-refractivity contribution in [3.63, 3.8) is 0 Å². The Morgan fingerprint density at radius 1 is 0.417 bits per heavy atom. The summed E-state index contributed by atoms with van der Waals surface area (Å²) in [7, 11) is 0. The van der Waals surface area contributed by atoms with Crippen molar-refractivity contribution in [2.45, 2.75) is 13.8 Å². The third-order valence-electron chi connectivity index (χ3n) is 9.73. The molecule has 0 bridgehead atoms. The summed E-state index contributed by atoms with van der Waals surface area (Å²) in [5.41, 5.74) is 17.1. The molecule has 0 atom stereocenters. The van der Waals surface area contributed by atoms with E-state index < -0.39 is 0 Å². The van der Waals surface area contributed by atoms with Gasteiger partial charge in [0.05, 0.1) is 5.69 Å². The van der Waals surface area contributed by atoms with Gasteiger partial charge >= 0.3 is 0 Å². The topological polar surface area (TPSA) is 9.72 Å². The van der Waals surface area contributed by atoms with Crippen LogP contribution >= 0.6 is 0 Å². The SMILES string of the molecule is Cc1cc(C)c2c(c1)N(c1ccccc1)c1cc(N(c3ccccc3)c3ccccc3)cc3c1B2c1ccccc1N3c1ccccc1. The summed E-state index contributed by atoms with van der Waals surface area (Å²) in [6.07, 6.45) is 0.